The molecular weight excluding hydrogens is 656 g/mol. The van der Waals surface area contributed by atoms with Crippen LogP contribution in [0.3, 0.4) is 0 Å². The maximum absolute atomic E-state index is 12.3. The van der Waals surface area contributed by atoms with Gasteiger partial charge in [-0.2, -0.15) is 0 Å². The van der Waals surface area contributed by atoms with Crippen LogP contribution in [-0.4, -0.2) is 121 Å². The summed E-state index contributed by atoms with van der Waals surface area (Å²) in [5.74, 6) is -6.28. The Morgan fingerprint density at radius 3 is 1.32 bits per heavy atom. The summed E-state index contributed by atoms with van der Waals surface area (Å²) >= 11 is 0.757. The molecule has 47 heavy (non-hydrogen) atoms. The van der Waals surface area contributed by atoms with E-state index in [0.717, 1.165) is 60.2 Å². The molecule has 2 aliphatic heterocycles. The number of hydrogen-bond acceptors (Lipinski definition) is 19. The van der Waals surface area contributed by atoms with Gasteiger partial charge in [0, 0.05) is 61.1 Å². The predicted molar refractivity (Wildman–Crippen MR) is 152 cm³/mol. The first-order valence-corrected chi connectivity index (χ1v) is 15.1. The molecule has 0 aromatic rings. The second-order valence-corrected chi connectivity index (χ2v) is 11.5. The van der Waals surface area contributed by atoms with Crippen molar-refractivity contribution in [1.82, 2.24) is 0 Å². The van der Waals surface area contributed by atoms with Gasteiger partial charge in [-0.25, -0.2) is 0 Å². The van der Waals surface area contributed by atoms with E-state index >= 15 is 0 Å². The lowest BCUT2D eigenvalue weighted by Crippen LogP contribution is -2.67. The van der Waals surface area contributed by atoms with Crippen molar-refractivity contribution in [3.8, 4) is 0 Å². The topological polar surface area (TPSA) is 229 Å². The number of esters is 7. The van der Waals surface area contributed by atoms with E-state index in [1.165, 1.54) is 6.92 Å². The van der Waals surface area contributed by atoms with E-state index in [2.05, 4.69) is 0 Å². The van der Waals surface area contributed by atoms with Crippen LogP contribution < -0.4 is 0 Å². The van der Waals surface area contributed by atoms with E-state index < -0.39 is 110 Å². The second kappa shape index (κ2) is 17.9. The molecule has 0 spiro atoms. The van der Waals surface area contributed by atoms with E-state index in [-0.39, 0.29) is 10.9 Å². The third-order valence-corrected chi connectivity index (χ3v) is 7.07. The molecule has 2 heterocycles. The minimum atomic E-state index is -1.78. The van der Waals surface area contributed by atoms with Crippen LogP contribution >= 0.6 is 11.8 Å². The van der Waals surface area contributed by atoms with Crippen molar-refractivity contribution < 1.29 is 85.7 Å². The van der Waals surface area contributed by atoms with Crippen molar-refractivity contribution in [2.45, 2.75) is 117 Å². The average molecular weight is 695 g/mol. The maximum Gasteiger partial charge on any atom is 0.305 e. The zero-order valence-corrected chi connectivity index (χ0v) is 27.8. The minimum Gasteiger partial charge on any atom is -0.463 e. The molecule has 0 saturated carbocycles. The van der Waals surface area contributed by atoms with Crippen molar-refractivity contribution in [3.63, 3.8) is 0 Å². The summed E-state index contributed by atoms with van der Waals surface area (Å²) in [6.45, 7) is 8.00. The van der Waals surface area contributed by atoms with Crippen LogP contribution in [0, 0.1) is 0 Å². The smallest absolute Gasteiger partial charge is 0.305 e. The summed E-state index contributed by atoms with van der Waals surface area (Å²) in [5, 5.41) is -0.366. The van der Waals surface area contributed by atoms with Crippen LogP contribution in [0.5, 0.6) is 0 Å². The molecule has 0 aromatic carbocycles. The van der Waals surface area contributed by atoms with Gasteiger partial charge in [0.25, 0.3) is 0 Å². The van der Waals surface area contributed by atoms with Gasteiger partial charge in [-0.15, -0.1) is 0 Å². The summed E-state index contributed by atoms with van der Waals surface area (Å²) in [7, 11) is 0. The summed E-state index contributed by atoms with van der Waals surface area (Å²) < 4.78 is 55.5. The molecule has 0 bridgehead atoms. The maximum atomic E-state index is 12.3. The highest BCUT2D eigenvalue weighted by atomic mass is 32.2. The van der Waals surface area contributed by atoms with Gasteiger partial charge in [-0.05, 0) is 0 Å². The number of hydrogen-bond donors (Lipinski definition) is 0. The molecule has 0 amide bonds. The fourth-order valence-electron chi connectivity index (χ4n) is 4.73. The summed E-state index contributed by atoms with van der Waals surface area (Å²) in [6, 6.07) is 0. The summed E-state index contributed by atoms with van der Waals surface area (Å²) in [6.07, 6.45) is -15.7. The van der Waals surface area contributed by atoms with E-state index in [1.54, 1.807) is 0 Å². The first kappa shape index (κ1) is 39.4. The molecule has 19 heteroatoms. The Balaban J connectivity index is 2.73. The Kier molecular flexibility index (Phi) is 15.0. The molecular formula is C28H38O18S. The zero-order valence-electron chi connectivity index (χ0n) is 26.9. The van der Waals surface area contributed by atoms with Crippen LogP contribution in [0.1, 0.15) is 55.4 Å². The Bertz CT molecular complexity index is 1200. The lowest BCUT2D eigenvalue weighted by molar-refractivity contribution is -0.353. The zero-order chi connectivity index (χ0) is 35.6. The van der Waals surface area contributed by atoms with Gasteiger partial charge in [0.05, 0.1) is 0 Å². The number of ether oxygens (including phenoxy) is 10. The molecule has 10 atom stereocenters. The highest BCUT2D eigenvalue weighted by molar-refractivity contribution is 8.13. The molecule has 0 N–H and O–H groups in total. The lowest BCUT2D eigenvalue weighted by atomic mass is 9.96. The Morgan fingerprint density at radius 2 is 0.872 bits per heavy atom. The molecule has 0 aliphatic carbocycles. The quantitative estimate of drug-likeness (QED) is 0.192. The SMILES string of the molecule is CC(=O)OC[C@H]1O[C@H](O[C@H]2[C@H](OC(C)=O)[C@@H](OC(C)=O)[C@H](OC(C)=O)O[C@@H]2CSC(C)=O)[C@H](OC(C)=O)[C@@H](OC(C)=O)[C@@H]1OC(C)=O. The van der Waals surface area contributed by atoms with Crippen LogP contribution in [0.2, 0.25) is 0 Å². The fraction of sp³-hybridized carbons (Fsp3) is 0.714. The Labute approximate surface area is 273 Å². The van der Waals surface area contributed by atoms with Crippen LogP contribution in [0.25, 0.3) is 0 Å². The van der Waals surface area contributed by atoms with Gasteiger partial charge in [-0.1, -0.05) is 11.8 Å². The molecule has 0 unspecified atom stereocenters. The first-order valence-electron chi connectivity index (χ1n) is 14.2. The molecule has 264 valence electrons. The molecule has 0 radical (unpaired) electrons. The van der Waals surface area contributed by atoms with Crippen molar-refractivity contribution in [2.24, 2.45) is 0 Å². The van der Waals surface area contributed by atoms with E-state index in [4.69, 9.17) is 47.4 Å². The molecule has 18 nitrogen and oxygen atoms in total. The molecule has 2 aliphatic rings. The monoisotopic (exact) mass is 694 g/mol. The van der Waals surface area contributed by atoms with E-state index in [0.29, 0.717) is 0 Å². The molecule has 2 fully saturated rings. The second-order valence-electron chi connectivity index (χ2n) is 10.3. The van der Waals surface area contributed by atoms with Gasteiger partial charge in [0.1, 0.15) is 24.9 Å². The summed E-state index contributed by atoms with van der Waals surface area (Å²) in [4.78, 5) is 96.6. The standard InChI is InChI=1S/C28H38O18S/c1-11(29)37-9-19-21(38-12(2)30)23(39-13(3)31)26(42-16(6)34)28(44-19)46-22-20(10-47-18(8)36)45-27(43-17(7)35)25(41-15(5)33)24(22)40-14(4)32/h19-28H,9-10H2,1-8H3/t19-,20-,21-,22-,23+,24+,25-,26-,27-,28-/m1/s1. The predicted octanol–water partition coefficient (Wildman–Crippen LogP) is -0.114. The number of carbonyl (C=O) groups is 8. The third-order valence-electron chi connectivity index (χ3n) is 6.17. The van der Waals surface area contributed by atoms with Crippen molar-refractivity contribution >= 4 is 58.7 Å². The van der Waals surface area contributed by atoms with Crippen LogP contribution in [-0.2, 0) is 85.7 Å². The Hall–Kier alpha value is -3.81. The van der Waals surface area contributed by atoms with Crippen LogP contribution in [0.15, 0.2) is 0 Å². The molecule has 2 rings (SSSR count). The minimum absolute atomic E-state index is 0.201. The van der Waals surface area contributed by atoms with Crippen molar-refractivity contribution in [2.75, 3.05) is 12.4 Å². The van der Waals surface area contributed by atoms with Gasteiger partial charge < -0.3 is 47.4 Å². The average Bonchev–Trinajstić information content (AvgIpc) is 2.91. The lowest BCUT2D eigenvalue weighted by Gasteiger charge is -2.48. The number of rotatable bonds is 12. The highest BCUT2D eigenvalue weighted by Crippen LogP contribution is 2.36. The largest absolute Gasteiger partial charge is 0.463 e. The Morgan fingerprint density at radius 1 is 0.468 bits per heavy atom. The van der Waals surface area contributed by atoms with E-state index in [9.17, 15) is 38.4 Å². The normalized spacial score (nSPS) is 30.1. The van der Waals surface area contributed by atoms with Gasteiger partial charge in [0.15, 0.2) is 35.8 Å². The third kappa shape index (κ3) is 12.4. The van der Waals surface area contributed by atoms with Gasteiger partial charge >= 0.3 is 41.8 Å². The molecule has 2 saturated heterocycles. The van der Waals surface area contributed by atoms with E-state index in [1.807, 2.05) is 0 Å². The van der Waals surface area contributed by atoms with Crippen molar-refractivity contribution in [1.29, 1.82) is 0 Å². The van der Waals surface area contributed by atoms with Gasteiger partial charge in [0.2, 0.25) is 12.4 Å². The fourth-order valence-corrected chi connectivity index (χ4v) is 5.40. The molecule has 0 aromatic heterocycles. The van der Waals surface area contributed by atoms with Crippen molar-refractivity contribution in [3.05, 3.63) is 0 Å². The summed E-state index contributed by atoms with van der Waals surface area (Å²) in [5.41, 5.74) is 0. The number of thioether (sulfide) groups is 1. The highest BCUT2D eigenvalue weighted by Gasteiger charge is 2.57. The van der Waals surface area contributed by atoms with Gasteiger partial charge in [-0.3, -0.25) is 38.4 Å². The van der Waals surface area contributed by atoms with Crippen LogP contribution in [0.4, 0.5) is 0 Å². The number of carbonyl (C=O) groups excluding carboxylic acids is 8. The first-order chi connectivity index (χ1) is 21.9.